The first-order valence-corrected chi connectivity index (χ1v) is 8.29. The predicted octanol–water partition coefficient (Wildman–Crippen LogP) is 0.170. The molecule has 0 radical (unpaired) electrons. The largest absolute Gasteiger partial charge is 0.367 e. The quantitative estimate of drug-likeness (QED) is 0.825. The van der Waals surface area contributed by atoms with Crippen LogP contribution in [-0.4, -0.2) is 43.0 Å². The Bertz CT molecular complexity index is 781. The average Bonchev–Trinajstić information content (AvgIpc) is 2.83. The van der Waals surface area contributed by atoms with E-state index in [0.29, 0.717) is 0 Å². The van der Waals surface area contributed by atoms with Crippen molar-refractivity contribution in [1.29, 1.82) is 0 Å². The molecule has 3 N–H and O–H groups in total. The van der Waals surface area contributed by atoms with E-state index < -0.39 is 10.0 Å². The summed E-state index contributed by atoms with van der Waals surface area (Å²) in [6.07, 6.45) is 4.81. The number of nitrogens with one attached hydrogen (secondary N) is 1. The smallest absolute Gasteiger partial charge is 0.239 e. The number of sulfonamides is 1. The molecule has 0 aromatic carbocycles. The molecule has 2 aromatic rings. The Hall–Kier alpha value is -1.64. The van der Waals surface area contributed by atoms with Crippen LogP contribution in [0.2, 0.25) is 0 Å². The SMILES string of the molecule is CC1(C)CN(c2cc(S(N)(=O)=O)cn3cncc23)CCN1. The topological polar surface area (TPSA) is 92.7 Å². The minimum absolute atomic E-state index is 0.0349. The second-order valence-electron chi connectivity index (χ2n) is 6.02. The lowest BCUT2D eigenvalue weighted by Gasteiger charge is -2.40. The number of rotatable bonds is 2. The Kier molecular flexibility index (Phi) is 3.19. The molecule has 8 heteroatoms. The number of imidazole rings is 1. The van der Waals surface area contributed by atoms with E-state index in [4.69, 9.17) is 5.14 Å². The van der Waals surface area contributed by atoms with E-state index in [1.165, 1.54) is 6.20 Å². The van der Waals surface area contributed by atoms with Gasteiger partial charge in [0.05, 0.1) is 23.7 Å². The monoisotopic (exact) mass is 309 g/mol. The molecule has 0 amide bonds. The molecule has 3 rings (SSSR count). The maximum atomic E-state index is 11.7. The number of pyridine rings is 1. The van der Waals surface area contributed by atoms with Gasteiger partial charge in [0.2, 0.25) is 10.0 Å². The molecule has 2 aromatic heterocycles. The molecule has 1 saturated heterocycles. The van der Waals surface area contributed by atoms with E-state index in [2.05, 4.69) is 29.0 Å². The van der Waals surface area contributed by atoms with Crippen LogP contribution in [0.5, 0.6) is 0 Å². The van der Waals surface area contributed by atoms with Crippen LogP contribution in [0.4, 0.5) is 5.69 Å². The molecule has 3 heterocycles. The molecule has 0 aliphatic carbocycles. The lowest BCUT2D eigenvalue weighted by Crippen LogP contribution is -2.57. The first-order valence-electron chi connectivity index (χ1n) is 6.75. The molecular weight excluding hydrogens is 290 g/mol. The zero-order valence-corrected chi connectivity index (χ0v) is 12.9. The van der Waals surface area contributed by atoms with Crippen molar-refractivity contribution in [1.82, 2.24) is 14.7 Å². The van der Waals surface area contributed by atoms with Gasteiger partial charge in [0, 0.05) is 31.4 Å². The summed E-state index contributed by atoms with van der Waals surface area (Å²) in [5.74, 6) is 0. The predicted molar refractivity (Wildman–Crippen MR) is 80.9 cm³/mol. The van der Waals surface area contributed by atoms with E-state index in [-0.39, 0.29) is 10.4 Å². The van der Waals surface area contributed by atoms with Gasteiger partial charge in [-0.3, -0.25) is 0 Å². The number of hydrogen-bond donors (Lipinski definition) is 2. The Labute approximate surface area is 123 Å². The Morgan fingerprint density at radius 3 is 2.86 bits per heavy atom. The summed E-state index contributed by atoms with van der Waals surface area (Å²) >= 11 is 0. The van der Waals surface area contributed by atoms with Gasteiger partial charge in [-0.2, -0.15) is 0 Å². The molecule has 114 valence electrons. The maximum absolute atomic E-state index is 11.7. The molecule has 7 nitrogen and oxygen atoms in total. The zero-order chi connectivity index (χ0) is 15.3. The summed E-state index contributed by atoms with van der Waals surface area (Å²) in [4.78, 5) is 6.37. The summed E-state index contributed by atoms with van der Waals surface area (Å²) in [7, 11) is -3.75. The molecule has 0 atom stereocenters. The number of aromatic nitrogens is 2. The van der Waals surface area contributed by atoms with Crippen molar-refractivity contribution in [3.63, 3.8) is 0 Å². The van der Waals surface area contributed by atoms with Crippen molar-refractivity contribution in [2.75, 3.05) is 24.5 Å². The van der Waals surface area contributed by atoms with Crippen molar-refractivity contribution in [3.05, 3.63) is 24.8 Å². The number of nitrogens with zero attached hydrogens (tertiary/aromatic N) is 3. The molecule has 1 aliphatic rings. The summed E-state index contributed by atoms with van der Waals surface area (Å²) in [5.41, 5.74) is 1.68. The molecule has 0 saturated carbocycles. The highest BCUT2D eigenvalue weighted by Gasteiger charge is 2.27. The van der Waals surface area contributed by atoms with Gasteiger partial charge in [0.25, 0.3) is 0 Å². The Morgan fingerprint density at radius 2 is 2.19 bits per heavy atom. The number of anilines is 1. The van der Waals surface area contributed by atoms with Crippen LogP contribution in [0.1, 0.15) is 13.8 Å². The summed E-state index contributed by atoms with van der Waals surface area (Å²) < 4.78 is 25.0. The molecule has 0 spiro atoms. The van der Waals surface area contributed by atoms with E-state index >= 15 is 0 Å². The number of primary sulfonamides is 1. The van der Waals surface area contributed by atoms with Crippen molar-refractivity contribution in [2.45, 2.75) is 24.3 Å². The number of nitrogens with two attached hydrogens (primary N) is 1. The minimum Gasteiger partial charge on any atom is -0.367 e. The lowest BCUT2D eigenvalue weighted by molar-refractivity contribution is 0.353. The van der Waals surface area contributed by atoms with E-state index in [1.807, 2.05) is 0 Å². The second-order valence-corrected chi connectivity index (χ2v) is 7.59. The maximum Gasteiger partial charge on any atom is 0.239 e. The fourth-order valence-corrected chi connectivity index (χ4v) is 3.28. The Balaban J connectivity index is 2.14. The lowest BCUT2D eigenvalue weighted by atomic mass is 10.0. The van der Waals surface area contributed by atoms with Crippen LogP contribution in [0, 0.1) is 0 Å². The van der Waals surface area contributed by atoms with Crippen molar-refractivity contribution in [3.8, 4) is 0 Å². The fourth-order valence-electron chi connectivity index (χ4n) is 2.74. The first kappa shape index (κ1) is 14.3. The summed E-state index contributed by atoms with van der Waals surface area (Å²) in [6, 6.07) is 1.63. The van der Waals surface area contributed by atoms with Gasteiger partial charge in [-0.15, -0.1) is 0 Å². The summed E-state index contributed by atoms with van der Waals surface area (Å²) in [6.45, 7) is 6.67. The van der Waals surface area contributed by atoms with E-state index in [0.717, 1.165) is 30.8 Å². The van der Waals surface area contributed by atoms with E-state index in [1.54, 1.807) is 23.0 Å². The van der Waals surface area contributed by atoms with Gasteiger partial charge in [-0.05, 0) is 19.9 Å². The normalized spacial score (nSPS) is 19.1. The first-order chi connectivity index (χ1) is 9.76. The number of fused-ring (bicyclic) bond motifs is 1. The third-order valence-corrected chi connectivity index (χ3v) is 4.59. The third-order valence-electron chi connectivity index (χ3n) is 3.71. The van der Waals surface area contributed by atoms with Crippen LogP contribution < -0.4 is 15.4 Å². The third kappa shape index (κ3) is 2.74. The highest BCUT2D eigenvalue weighted by atomic mass is 32.2. The van der Waals surface area contributed by atoms with Gasteiger partial charge >= 0.3 is 0 Å². The molecule has 1 aliphatic heterocycles. The highest BCUT2D eigenvalue weighted by Crippen LogP contribution is 2.27. The fraction of sp³-hybridized carbons (Fsp3) is 0.462. The van der Waals surface area contributed by atoms with Crippen LogP contribution in [0.3, 0.4) is 0 Å². The number of piperazine rings is 1. The van der Waals surface area contributed by atoms with Gasteiger partial charge in [-0.1, -0.05) is 0 Å². The average molecular weight is 309 g/mol. The van der Waals surface area contributed by atoms with Gasteiger partial charge < -0.3 is 14.6 Å². The molecule has 0 bridgehead atoms. The van der Waals surface area contributed by atoms with Crippen LogP contribution in [-0.2, 0) is 10.0 Å². The van der Waals surface area contributed by atoms with Crippen LogP contribution in [0.15, 0.2) is 29.7 Å². The van der Waals surface area contributed by atoms with Crippen molar-refractivity contribution in [2.24, 2.45) is 5.14 Å². The van der Waals surface area contributed by atoms with Crippen LogP contribution >= 0.6 is 0 Å². The van der Waals surface area contributed by atoms with Crippen molar-refractivity contribution >= 4 is 21.2 Å². The molecular formula is C13H19N5O2S. The standard InChI is InChI=1S/C13H19N5O2S/c1-13(2)8-17(4-3-16-13)11-5-10(21(14,19)20)7-18-9-15-6-12(11)18/h5-7,9,16H,3-4,8H2,1-2H3,(H2,14,19,20). The molecule has 1 fully saturated rings. The summed E-state index contributed by atoms with van der Waals surface area (Å²) in [5, 5.41) is 8.71. The van der Waals surface area contributed by atoms with Gasteiger partial charge in [0.15, 0.2) is 0 Å². The highest BCUT2D eigenvalue weighted by molar-refractivity contribution is 7.89. The minimum atomic E-state index is -3.75. The van der Waals surface area contributed by atoms with Crippen molar-refractivity contribution < 1.29 is 8.42 Å². The van der Waals surface area contributed by atoms with Gasteiger partial charge in [0.1, 0.15) is 4.90 Å². The second kappa shape index (κ2) is 4.69. The molecule has 0 unspecified atom stereocenters. The number of hydrogen-bond acceptors (Lipinski definition) is 5. The Morgan fingerprint density at radius 1 is 1.43 bits per heavy atom. The zero-order valence-electron chi connectivity index (χ0n) is 12.1. The van der Waals surface area contributed by atoms with Crippen LogP contribution in [0.25, 0.3) is 5.52 Å². The molecule has 21 heavy (non-hydrogen) atoms. The van der Waals surface area contributed by atoms with Gasteiger partial charge in [-0.25, -0.2) is 18.5 Å². The van der Waals surface area contributed by atoms with E-state index in [9.17, 15) is 8.42 Å².